The second kappa shape index (κ2) is 10.3. The molecule has 0 fully saturated rings. The number of amides is 2. The van der Waals surface area contributed by atoms with Crippen molar-refractivity contribution in [3.8, 4) is 0 Å². The monoisotopic (exact) mass is 490 g/mol. The minimum absolute atomic E-state index is 0.0429. The Morgan fingerprint density at radius 1 is 0.971 bits per heavy atom. The predicted octanol–water partition coefficient (Wildman–Crippen LogP) is 4.14. The van der Waals surface area contributed by atoms with Gasteiger partial charge in [-0.15, -0.1) is 0 Å². The molecule has 0 aliphatic carbocycles. The van der Waals surface area contributed by atoms with E-state index in [2.05, 4.69) is 15.6 Å². The first-order valence-electron chi connectivity index (χ1n) is 10.9. The van der Waals surface area contributed by atoms with Gasteiger partial charge in [-0.05, 0) is 49.7 Å². The van der Waals surface area contributed by atoms with Gasteiger partial charge in [-0.25, -0.2) is 14.2 Å². The SMILES string of the molecule is CCCOC(=O)c1ccc(NC(=O)c2c(C(=O)Nc3ccccc3)sc3nc(C)cc(=O)n23)cc1. The number of anilines is 2. The molecule has 35 heavy (non-hydrogen) atoms. The van der Waals surface area contributed by atoms with E-state index < -0.39 is 23.3 Å². The number of carbonyl (C=O) groups is 3. The largest absolute Gasteiger partial charge is 0.462 e. The normalized spacial score (nSPS) is 10.7. The molecule has 4 rings (SSSR count). The first-order valence-corrected chi connectivity index (χ1v) is 11.7. The van der Waals surface area contributed by atoms with Crippen molar-refractivity contribution in [3.63, 3.8) is 0 Å². The van der Waals surface area contributed by atoms with Gasteiger partial charge >= 0.3 is 5.97 Å². The average molecular weight is 491 g/mol. The smallest absolute Gasteiger partial charge is 0.338 e. The summed E-state index contributed by atoms with van der Waals surface area (Å²) in [6, 6.07) is 16.2. The molecule has 2 aromatic heterocycles. The summed E-state index contributed by atoms with van der Waals surface area (Å²) in [7, 11) is 0. The molecule has 0 bridgehead atoms. The zero-order valence-corrected chi connectivity index (χ0v) is 19.8. The lowest BCUT2D eigenvalue weighted by Gasteiger charge is -2.09. The van der Waals surface area contributed by atoms with Gasteiger partial charge in [-0.2, -0.15) is 0 Å². The van der Waals surface area contributed by atoms with E-state index in [9.17, 15) is 19.2 Å². The second-order valence-corrected chi connectivity index (χ2v) is 8.60. The van der Waals surface area contributed by atoms with E-state index in [4.69, 9.17) is 4.74 Å². The number of hydrogen-bond donors (Lipinski definition) is 2. The number of esters is 1. The molecule has 2 N–H and O–H groups in total. The van der Waals surface area contributed by atoms with Gasteiger partial charge in [0.05, 0.1) is 12.2 Å². The van der Waals surface area contributed by atoms with Crippen LogP contribution >= 0.6 is 11.3 Å². The van der Waals surface area contributed by atoms with Gasteiger partial charge in [0.2, 0.25) is 0 Å². The summed E-state index contributed by atoms with van der Waals surface area (Å²) in [5.74, 6) is -1.66. The number of benzene rings is 2. The maximum absolute atomic E-state index is 13.3. The fraction of sp³-hybridized carbons (Fsp3) is 0.160. The minimum atomic E-state index is -0.663. The highest BCUT2D eigenvalue weighted by Crippen LogP contribution is 2.24. The lowest BCUT2D eigenvalue weighted by Crippen LogP contribution is -2.25. The van der Waals surface area contributed by atoms with Gasteiger partial charge in [0.25, 0.3) is 17.4 Å². The summed E-state index contributed by atoms with van der Waals surface area (Å²) in [5.41, 5.74) is 1.15. The number of rotatable bonds is 7. The molecule has 0 radical (unpaired) electrons. The van der Waals surface area contributed by atoms with Gasteiger partial charge in [-0.3, -0.25) is 14.4 Å². The zero-order chi connectivity index (χ0) is 24.9. The van der Waals surface area contributed by atoms with Crippen molar-refractivity contribution >= 4 is 45.5 Å². The Kier molecular flexibility index (Phi) is 7.02. The van der Waals surface area contributed by atoms with Gasteiger partial charge in [0.1, 0.15) is 10.6 Å². The van der Waals surface area contributed by atoms with Crippen molar-refractivity contribution < 1.29 is 19.1 Å². The number of nitrogens with zero attached hydrogens (tertiary/aromatic N) is 2. The summed E-state index contributed by atoms with van der Waals surface area (Å²) in [6.07, 6.45) is 0.711. The van der Waals surface area contributed by atoms with E-state index in [-0.39, 0.29) is 15.5 Å². The topological polar surface area (TPSA) is 119 Å². The van der Waals surface area contributed by atoms with Crippen LogP contribution < -0.4 is 16.2 Å². The number of ether oxygens (including phenoxy) is 1. The van der Waals surface area contributed by atoms with E-state index in [1.807, 2.05) is 13.0 Å². The first kappa shape index (κ1) is 23.8. The third-order valence-electron chi connectivity index (χ3n) is 4.92. The van der Waals surface area contributed by atoms with Crippen molar-refractivity contribution in [2.45, 2.75) is 20.3 Å². The third kappa shape index (κ3) is 5.28. The number of para-hydroxylation sites is 1. The molecule has 4 aromatic rings. The van der Waals surface area contributed by atoms with Crippen molar-refractivity contribution in [2.24, 2.45) is 0 Å². The van der Waals surface area contributed by atoms with Crippen molar-refractivity contribution in [1.29, 1.82) is 0 Å². The molecule has 178 valence electrons. The summed E-state index contributed by atoms with van der Waals surface area (Å²) in [4.78, 5) is 55.7. The molecule has 9 nitrogen and oxygen atoms in total. The van der Waals surface area contributed by atoms with Gasteiger partial charge < -0.3 is 15.4 Å². The number of nitrogens with one attached hydrogen (secondary N) is 2. The molecule has 0 spiro atoms. The molecule has 0 aliphatic rings. The van der Waals surface area contributed by atoms with Crippen molar-refractivity contribution in [3.05, 3.63) is 92.8 Å². The van der Waals surface area contributed by atoms with E-state index in [0.717, 1.165) is 15.7 Å². The summed E-state index contributed by atoms with van der Waals surface area (Å²) < 4.78 is 6.23. The molecule has 0 saturated carbocycles. The van der Waals surface area contributed by atoms with Crippen LogP contribution in [0.15, 0.2) is 65.5 Å². The Hall–Kier alpha value is -4.31. The molecule has 2 heterocycles. The molecule has 10 heteroatoms. The van der Waals surface area contributed by atoms with E-state index in [0.29, 0.717) is 35.7 Å². The average Bonchev–Trinajstić information content (AvgIpc) is 3.23. The molecule has 2 aromatic carbocycles. The molecule has 0 saturated heterocycles. The van der Waals surface area contributed by atoms with Crippen LogP contribution in [0.5, 0.6) is 0 Å². The van der Waals surface area contributed by atoms with Crippen LogP contribution in [0.25, 0.3) is 4.96 Å². The minimum Gasteiger partial charge on any atom is -0.462 e. The number of aromatic nitrogens is 2. The van der Waals surface area contributed by atoms with Gasteiger partial charge in [0, 0.05) is 23.1 Å². The fourth-order valence-electron chi connectivity index (χ4n) is 3.31. The Balaban J connectivity index is 1.67. The van der Waals surface area contributed by atoms with Crippen LogP contribution in [0.3, 0.4) is 0 Å². The molecule has 0 unspecified atom stereocenters. The zero-order valence-electron chi connectivity index (χ0n) is 19.0. The van der Waals surface area contributed by atoms with E-state index in [1.54, 1.807) is 43.3 Å². The quantitative estimate of drug-likeness (QED) is 0.376. The Morgan fingerprint density at radius 3 is 2.31 bits per heavy atom. The lowest BCUT2D eigenvalue weighted by molar-refractivity contribution is 0.0505. The second-order valence-electron chi connectivity index (χ2n) is 7.62. The highest BCUT2D eigenvalue weighted by atomic mass is 32.1. The predicted molar refractivity (Wildman–Crippen MR) is 133 cm³/mol. The van der Waals surface area contributed by atoms with Gasteiger partial charge in [-0.1, -0.05) is 36.5 Å². The van der Waals surface area contributed by atoms with Gasteiger partial charge in [0.15, 0.2) is 4.96 Å². The highest BCUT2D eigenvalue weighted by Gasteiger charge is 2.26. The summed E-state index contributed by atoms with van der Waals surface area (Å²) in [5, 5.41) is 5.44. The molecule has 0 aliphatic heterocycles. The van der Waals surface area contributed by atoms with Crippen molar-refractivity contribution in [2.75, 3.05) is 17.2 Å². The third-order valence-corrected chi connectivity index (χ3v) is 5.96. The maximum atomic E-state index is 13.3. The lowest BCUT2D eigenvalue weighted by atomic mass is 10.2. The van der Waals surface area contributed by atoms with Crippen LogP contribution in [0.2, 0.25) is 0 Å². The molecule has 2 amide bonds. The number of thiazole rings is 1. The number of hydrogen-bond acceptors (Lipinski definition) is 7. The Bertz CT molecular complexity index is 1460. The first-order chi connectivity index (χ1) is 16.9. The van der Waals surface area contributed by atoms with Crippen LogP contribution in [-0.4, -0.2) is 33.8 Å². The van der Waals surface area contributed by atoms with Crippen LogP contribution in [0.1, 0.15) is 49.6 Å². The highest BCUT2D eigenvalue weighted by molar-refractivity contribution is 7.19. The molecular formula is C25H22N4O5S. The number of carbonyl (C=O) groups excluding carboxylic acids is 3. The number of aryl methyl sites for hydroxylation is 1. The summed E-state index contributed by atoms with van der Waals surface area (Å²) in [6.45, 7) is 3.88. The standard InChI is InChI=1S/C25H22N4O5S/c1-3-13-34-24(33)16-9-11-18(12-10-16)27-22(31)20-21(23(32)28-17-7-5-4-6-8-17)35-25-26-15(2)14-19(30)29(20)25/h4-12,14H,3,13H2,1-2H3,(H,27,31)(H,28,32). The fourth-order valence-corrected chi connectivity index (χ4v) is 4.38. The Morgan fingerprint density at radius 2 is 1.63 bits per heavy atom. The van der Waals surface area contributed by atoms with Crippen LogP contribution in [-0.2, 0) is 4.74 Å². The molecule has 0 atom stereocenters. The van der Waals surface area contributed by atoms with E-state index in [1.165, 1.54) is 18.2 Å². The van der Waals surface area contributed by atoms with Crippen LogP contribution in [0, 0.1) is 6.92 Å². The summed E-state index contributed by atoms with van der Waals surface area (Å²) >= 11 is 0.950. The Labute approximate surface area is 204 Å². The van der Waals surface area contributed by atoms with E-state index >= 15 is 0 Å². The maximum Gasteiger partial charge on any atom is 0.338 e. The van der Waals surface area contributed by atoms with Crippen molar-refractivity contribution in [1.82, 2.24) is 9.38 Å². The van der Waals surface area contributed by atoms with Crippen LogP contribution in [0.4, 0.5) is 11.4 Å². The number of fused-ring (bicyclic) bond motifs is 1. The molecular weight excluding hydrogens is 468 g/mol.